The number of benzene rings is 1. The van der Waals surface area contributed by atoms with E-state index >= 15 is 0 Å². The highest BCUT2D eigenvalue weighted by molar-refractivity contribution is 5.82. The highest BCUT2D eigenvalue weighted by Gasteiger charge is 2.41. The van der Waals surface area contributed by atoms with Gasteiger partial charge < -0.3 is 14.6 Å². The van der Waals surface area contributed by atoms with Crippen molar-refractivity contribution < 1.29 is 24.2 Å². The maximum Gasteiger partial charge on any atom is 0.410 e. The van der Waals surface area contributed by atoms with Crippen LogP contribution in [0.25, 0.3) is 0 Å². The number of phenolic OH excluding ortho intramolecular Hbond substituents is 1. The minimum atomic E-state index is -0.609. The molecule has 1 aliphatic rings. The first-order valence-corrected chi connectivity index (χ1v) is 8.46. The van der Waals surface area contributed by atoms with Crippen LogP contribution >= 0.6 is 0 Å². The van der Waals surface area contributed by atoms with Gasteiger partial charge in [0.1, 0.15) is 18.4 Å². The number of ether oxygens (including phenoxy) is 2. The monoisotopic (exact) mass is 335 g/mol. The van der Waals surface area contributed by atoms with E-state index in [2.05, 4.69) is 0 Å². The lowest BCUT2D eigenvalue weighted by atomic mass is 10.0. The number of hydrogen-bond donors (Lipinski definition) is 1. The van der Waals surface area contributed by atoms with Gasteiger partial charge in [0, 0.05) is 0 Å². The van der Waals surface area contributed by atoms with Gasteiger partial charge in [-0.05, 0) is 37.5 Å². The predicted molar refractivity (Wildman–Crippen MR) is 88.7 cm³/mol. The van der Waals surface area contributed by atoms with Crippen LogP contribution in [-0.4, -0.2) is 47.4 Å². The third-order valence-corrected chi connectivity index (χ3v) is 4.14. The average Bonchev–Trinajstić information content (AvgIpc) is 2.91. The van der Waals surface area contributed by atoms with E-state index in [-0.39, 0.29) is 31.0 Å². The van der Waals surface area contributed by atoms with Gasteiger partial charge in [-0.2, -0.15) is 0 Å². The summed E-state index contributed by atoms with van der Waals surface area (Å²) in [7, 11) is 0. The Kier molecular flexibility index (Phi) is 6.46. The van der Waals surface area contributed by atoms with Crippen LogP contribution in [0.4, 0.5) is 4.79 Å². The third kappa shape index (κ3) is 4.40. The standard InChI is InChI=1S/C18H25NO5/c1-3-5-6-16(17(21)23-4-2)19-14(12-24-18(19)22)11-13-7-9-15(20)10-8-13/h7-10,14,16,20H,3-6,11-12H2,1-2H3/t14-,16?/m0/s1. The van der Waals surface area contributed by atoms with Gasteiger partial charge in [-0.15, -0.1) is 0 Å². The van der Waals surface area contributed by atoms with E-state index in [4.69, 9.17) is 9.47 Å². The Balaban J connectivity index is 2.16. The Morgan fingerprint density at radius 3 is 2.71 bits per heavy atom. The van der Waals surface area contributed by atoms with Gasteiger partial charge in [-0.1, -0.05) is 31.9 Å². The summed E-state index contributed by atoms with van der Waals surface area (Å²) < 4.78 is 10.3. The predicted octanol–water partition coefficient (Wildman–Crippen LogP) is 2.88. The summed E-state index contributed by atoms with van der Waals surface area (Å²) in [6.07, 6.45) is 2.43. The molecule has 24 heavy (non-hydrogen) atoms. The summed E-state index contributed by atoms with van der Waals surface area (Å²) in [5.41, 5.74) is 0.971. The zero-order valence-corrected chi connectivity index (χ0v) is 14.2. The second-order valence-corrected chi connectivity index (χ2v) is 5.92. The zero-order valence-electron chi connectivity index (χ0n) is 14.2. The summed E-state index contributed by atoms with van der Waals surface area (Å²) >= 11 is 0. The molecule has 0 saturated carbocycles. The minimum Gasteiger partial charge on any atom is -0.508 e. The molecule has 2 rings (SSSR count). The second kappa shape index (κ2) is 8.57. The Morgan fingerprint density at radius 2 is 2.08 bits per heavy atom. The van der Waals surface area contributed by atoms with E-state index in [1.807, 2.05) is 19.1 Å². The normalized spacial score (nSPS) is 18.3. The SMILES string of the molecule is CCCCC(C(=O)OCC)N1C(=O)OC[C@@H]1Cc1ccc(O)cc1. The molecule has 1 amide bonds. The summed E-state index contributed by atoms with van der Waals surface area (Å²) in [6.45, 7) is 4.33. The van der Waals surface area contributed by atoms with Crippen LogP contribution in [0.1, 0.15) is 38.7 Å². The number of cyclic esters (lactones) is 1. The molecule has 0 bridgehead atoms. The molecule has 1 fully saturated rings. The number of aromatic hydroxyl groups is 1. The molecule has 1 saturated heterocycles. The van der Waals surface area contributed by atoms with Crippen LogP contribution in [-0.2, 0) is 20.7 Å². The zero-order chi connectivity index (χ0) is 17.5. The molecule has 1 aromatic rings. The molecular formula is C18H25NO5. The summed E-state index contributed by atoms with van der Waals surface area (Å²) in [6, 6.07) is 6.01. The highest BCUT2D eigenvalue weighted by Crippen LogP contribution is 2.24. The molecule has 0 aromatic heterocycles. The Morgan fingerprint density at radius 1 is 1.38 bits per heavy atom. The van der Waals surface area contributed by atoms with Gasteiger partial charge >= 0.3 is 12.1 Å². The number of hydrogen-bond acceptors (Lipinski definition) is 5. The lowest BCUT2D eigenvalue weighted by Gasteiger charge is -2.29. The first-order chi connectivity index (χ1) is 11.6. The van der Waals surface area contributed by atoms with Crippen LogP contribution < -0.4 is 0 Å². The molecule has 6 nitrogen and oxygen atoms in total. The summed E-state index contributed by atoms with van der Waals surface area (Å²) in [4.78, 5) is 26.0. The Bertz CT molecular complexity index is 557. The molecule has 1 unspecified atom stereocenters. The minimum absolute atomic E-state index is 0.196. The van der Waals surface area contributed by atoms with E-state index in [0.717, 1.165) is 18.4 Å². The van der Waals surface area contributed by atoms with Gasteiger partial charge in [0.05, 0.1) is 12.6 Å². The van der Waals surface area contributed by atoms with Crippen LogP contribution in [0.3, 0.4) is 0 Å². The molecule has 0 radical (unpaired) electrons. The Labute approximate surface area is 142 Å². The molecule has 132 valence electrons. The maximum absolute atomic E-state index is 12.3. The fraction of sp³-hybridized carbons (Fsp3) is 0.556. The van der Waals surface area contributed by atoms with E-state index in [1.165, 1.54) is 4.90 Å². The molecule has 1 heterocycles. The van der Waals surface area contributed by atoms with E-state index in [9.17, 15) is 14.7 Å². The number of nitrogens with zero attached hydrogens (tertiary/aromatic N) is 1. The fourth-order valence-corrected chi connectivity index (χ4v) is 2.92. The molecule has 0 aliphatic carbocycles. The largest absolute Gasteiger partial charge is 0.508 e. The van der Waals surface area contributed by atoms with Crippen molar-refractivity contribution in [3.63, 3.8) is 0 Å². The van der Waals surface area contributed by atoms with Gasteiger partial charge in [-0.25, -0.2) is 9.59 Å². The molecule has 0 spiro atoms. The average molecular weight is 335 g/mol. The molecule has 1 aliphatic heterocycles. The van der Waals surface area contributed by atoms with Crippen LogP contribution in [0.5, 0.6) is 5.75 Å². The lowest BCUT2D eigenvalue weighted by Crippen LogP contribution is -2.48. The van der Waals surface area contributed by atoms with Gasteiger partial charge in [-0.3, -0.25) is 4.90 Å². The molecular weight excluding hydrogens is 310 g/mol. The number of rotatable bonds is 8. The maximum atomic E-state index is 12.3. The van der Waals surface area contributed by atoms with E-state index in [1.54, 1.807) is 19.1 Å². The Hall–Kier alpha value is -2.24. The van der Waals surface area contributed by atoms with E-state index < -0.39 is 12.1 Å². The van der Waals surface area contributed by atoms with Crippen molar-refractivity contribution in [3.05, 3.63) is 29.8 Å². The number of carbonyl (C=O) groups excluding carboxylic acids is 2. The van der Waals surface area contributed by atoms with Crippen molar-refractivity contribution in [2.45, 2.75) is 51.6 Å². The smallest absolute Gasteiger partial charge is 0.410 e. The van der Waals surface area contributed by atoms with Crippen molar-refractivity contribution in [1.82, 2.24) is 4.90 Å². The van der Waals surface area contributed by atoms with Crippen LogP contribution in [0.15, 0.2) is 24.3 Å². The van der Waals surface area contributed by atoms with Gasteiger partial charge in [0.2, 0.25) is 0 Å². The quantitative estimate of drug-likeness (QED) is 0.739. The van der Waals surface area contributed by atoms with Crippen molar-refractivity contribution >= 4 is 12.1 Å². The molecule has 2 atom stereocenters. The number of unbranched alkanes of at least 4 members (excludes halogenated alkanes) is 1. The van der Waals surface area contributed by atoms with Gasteiger partial charge in [0.25, 0.3) is 0 Å². The highest BCUT2D eigenvalue weighted by atomic mass is 16.6. The van der Waals surface area contributed by atoms with Gasteiger partial charge in [0.15, 0.2) is 0 Å². The fourth-order valence-electron chi connectivity index (χ4n) is 2.92. The van der Waals surface area contributed by atoms with Crippen molar-refractivity contribution in [1.29, 1.82) is 0 Å². The first-order valence-electron chi connectivity index (χ1n) is 8.46. The van der Waals surface area contributed by atoms with Crippen molar-refractivity contribution in [3.8, 4) is 5.75 Å². The number of phenols is 1. The topological polar surface area (TPSA) is 76.1 Å². The van der Waals surface area contributed by atoms with E-state index in [0.29, 0.717) is 12.8 Å². The molecule has 1 N–H and O–H groups in total. The third-order valence-electron chi connectivity index (χ3n) is 4.14. The molecule has 6 heteroatoms. The second-order valence-electron chi connectivity index (χ2n) is 5.92. The summed E-state index contributed by atoms with van der Waals surface area (Å²) in [5.74, 6) is -0.179. The number of amides is 1. The van der Waals surface area contributed by atoms with Crippen molar-refractivity contribution in [2.24, 2.45) is 0 Å². The van der Waals surface area contributed by atoms with Crippen molar-refractivity contribution in [2.75, 3.05) is 13.2 Å². The number of esters is 1. The number of carbonyl (C=O) groups is 2. The summed E-state index contributed by atoms with van der Waals surface area (Å²) in [5, 5.41) is 9.38. The molecule has 1 aromatic carbocycles. The van der Waals surface area contributed by atoms with Crippen LogP contribution in [0.2, 0.25) is 0 Å². The lowest BCUT2D eigenvalue weighted by molar-refractivity contribution is -0.149. The first kappa shape index (κ1) is 18.1. The van der Waals surface area contributed by atoms with Crippen LogP contribution in [0, 0.1) is 0 Å².